The first-order valence-electron chi connectivity index (χ1n) is 7.54. The summed E-state index contributed by atoms with van der Waals surface area (Å²) in [6.07, 6.45) is -0.332. The number of nitrogens with zero attached hydrogens (tertiary/aromatic N) is 1. The van der Waals surface area contributed by atoms with E-state index in [9.17, 15) is 23.1 Å². The molecule has 0 saturated heterocycles. The summed E-state index contributed by atoms with van der Waals surface area (Å²) >= 11 is 7.20. The SMILES string of the molecule is O=C([O-])Cc1csc(-c2cc(Cl)ccc2OCc2cc(F)c(F)c(F)c2)n1.[Na+]. The summed E-state index contributed by atoms with van der Waals surface area (Å²) in [5.74, 6) is -5.10. The van der Waals surface area contributed by atoms with Crippen LogP contribution in [0.15, 0.2) is 35.7 Å². The Morgan fingerprint density at radius 1 is 1.18 bits per heavy atom. The molecule has 0 atom stereocenters. The zero-order valence-electron chi connectivity index (χ0n) is 14.5. The summed E-state index contributed by atoms with van der Waals surface area (Å²) in [5.41, 5.74) is 0.910. The predicted octanol–water partition coefficient (Wildman–Crippen LogP) is 0.756. The number of aliphatic carboxylic acids is 1. The van der Waals surface area contributed by atoms with Gasteiger partial charge in [0, 0.05) is 22.8 Å². The van der Waals surface area contributed by atoms with Gasteiger partial charge in [-0.05, 0) is 35.9 Å². The van der Waals surface area contributed by atoms with Crippen molar-refractivity contribution in [3.63, 3.8) is 0 Å². The van der Waals surface area contributed by atoms with Crippen molar-refractivity contribution >= 4 is 28.9 Å². The number of carboxylic acid groups (broad SMARTS) is 1. The van der Waals surface area contributed by atoms with Crippen molar-refractivity contribution < 1.29 is 57.4 Å². The average molecular weight is 436 g/mol. The van der Waals surface area contributed by atoms with Crippen molar-refractivity contribution in [1.82, 2.24) is 4.98 Å². The third kappa shape index (κ3) is 5.48. The average Bonchev–Trinajstić information content (AvgIpc) is 3.06. The molecule has 0 saturated carbocycles. The van der Waals surface area contributed by atoms with Crippen LogP contribution in [0, 0.1) is 17.5 Å². The van der Waals surface area contributed by atoms with Crippen molar-refractivity contribution in [2.24, 2.45) is 0 Å². The Morgan fingerprint density at radius 2 is 1.86 bits per heavy atom. The van der Waals surface area contributed by atoms with Gasteiger partial charge in [0.05, 0.1) is 11.3 Å². The van der Waals surface area contributed by atoms with Gasteiger partial charge in [-0.1, -0.05) is 11.6 Å². The molecule has 3 rings (SSSR count). The van der Waals surface area contributed by atoms with Crippen molar-refractivity contribution in [2.75, 3.05) is 0 Å². The van der Waals surface area contributed by atoms with E-state index in [1.165, 1.54) is 11.3 Å². The Kier molecular flexibility index (Phi) is 7.91. The normalized spacial score (nSPS) is 10.4. The second kappa shape index (κ2) is 9.76. The van der Waals surface area contributed by atoms with Crippen LogP contribution in [-0.2, 0) is 17.8 Å². The van der Waals surface area contributed by atoms with Gasteiger partial charge in [0.15, 0.2) is 17.5 Å². The molecule has 0 N–H and O–H groups in total. The predicted molar refractivity (Wildman–Crippen MR) is 91.9 cm³/mol. The summed E-state index contributed by atoms with van der Waals surface area (Å²) in [5, 5.41) is 13.1. The van der Waals surface area contributed by atoms with Crippen LogP contribution in [-0.4, -0.2) is 11.0 Å². The van der Waals surface area contributed by atoms with Crippen LogP contribution < -0.4 is 39.4 Å². The molecule has 0 aliphatic rings. The minimum absolute atomic E-state index is 0. The van der Waals surface area contributed by atoms with E-state index in [1.807, 2.05) is 0 Å². The number of carbonyl (C=O) groups excluding carboxylic acids is 1. The number of halogens is 4. The van der Waals surface area contributed by atoms with E-state index in [2.05, 4.69) is 4.98 Å². The summed E-state index contributed by atoms with van der Waals surface area (Å²) in [6.45, 7) is -0.222. The van der Waals surface area contributed by atoms with Crippen LogP contribution in [0.1, 0.15) is 11.3 Å². The zero-order valence-corrected chi connectivity index (χ0v) is 18.0. The van der Waals surface area contributed by atoms with Gasteiger partial charge in [-0.25, -0.2) is 18.2 Å². The van der Waals surface area contributed by atoms with Gasteiger partial charge >= 0.3 is 29.6 Å². The van der Waals surface area contributed by atoms with Gasteiger partial charge in [-0.15, -0.1) is 11.3 Å². The fraction of sp³-hybridized carbons (Fsp3) is 0.111. The molecular weight excluding hydrogens is 426 g/mol. The third-order valence-corrected chi connectivity index (χ3v) is 4.65. The van der Waals surface area contributed by atoms with Crippen LogP contribution in [0.3, 0.4) is 0 Å². The number of hydrogen-bond donors (Lipinski definition) is 0. The minimum atomic E-state index is -1.55. The second-order valence-electron chi connectivity index (χ2n) is 5.50. The molecule has 0 aliphatic carbocycles. The van der Waals surface area contributed by atoms with Crippen LogP contribution in [0.25, 0.3) is 10.6 Å². The van der Waals surface area contributed by atoms with Gasteiger partial charge in [-0.3, -0.25) is 0 Å². The molecular formula is C18H10ClF3NNaO3S. The number of benzene rings is 2. The van der Waals surface area contributed by atoms with E-state index >= 15 is 0 Å². The van der Waals surface area contributed by atoms with E-state index in [-0.39, 0.29) is 48.1 Å². The van der Waals surface area contributed by atoms with Gasteiger partial charge in [0.1, 0.15) is 17.4 Å². The van der Waals surface area contributed by atoms with Crippen molar-refractivity contribution in [3.05, 3.63) is 69.4 Å². The van der Waals surface area contributed by atoms with Gasteiger partial charge in [0.2, 0.25) is 0 Å². The molecule has 0 fully saturated rings. The Labute approximate surface area is 189 Å². The fourth-order valence-electron chi connectivity index (χ4n) is 2.31. The van der Waals surface area contributed by atoms with Crippen LogP contribution in [0.4, 0.5) is 13.2 Å². The Morgan fingerprint density at radius 3 is 2.50 bits per heavy atom. The first-order valence-corrected chi connectivity index (χ1v) is 8.79. The molecule has 0 spiro atoms. The molecule has 0 bridgehead atoms. The van der Waals surface area contributed by atoms with Crippen LogP contribution in [0.5, 0.6) is 5.75 Å². The van der Waals surface area contributed by atoms with Crippen LogP contribution in [0.2, 0.25) is 5.02 Å². The smallest absolute Gasteiger partial charge is 0.550 e. The molecule has 1 heterocycles. The Balaban J connectivity index is 0.00000280. The Hall–Kier alpha value is -1.58. The Bertz CT molecular complexity index is 992. The summed E-state index contributed by atoms with van der Waals surface area (Å²) in [6, 6.07) is 6.37. The monoisotopic (exact) mass is 435 g/mol. The molecule has 1 aromatic heterocycles. The molecule has 2 aromatic carbocycles. The van der Waals surface area contributed by atoms with Crippen molar-refractivity contribution in [3.8, 4) is 16.3 Å². The maximum absolute atomic E-state index is 13.3. The molecule has 140 valence electrons. The maximum atomic E-state index is 13.3. The van der Waals surface area contributed by atoms with Gasteiger partial charge < -0.3 is 14.6 Å². The van der Waals surface area contributed by atoms with E-state index in [4.69, 9.17) is 16.3 Å². The number of ether oxygens (including phenoxy) is 1. The number of rotatable bonds is 6. The number of carboxylic acids is 1. The van der Waals surface area contributed by atoms with E-state index in [0.29, 0.717) is 27.0 Å². The molecule has 0 amide bonds. The number of hydrogen-bond acceptors (Lipinski definition) is 5. The summed E-state index contributed by atoms with van der Waals surface area (Å²) < 4.78 is 45.3. The molecule has 3 aromatic rings. The minimum Gasteiger partial charge on any atom is -0.550 e. The number of aromatic nitrogens is 1. The van der Waals surface area contributed by atoms with Crippen molar-refractivity contribution in [1.29, 1.82) is 0 Å². The topological polar surface area (TPSA) is 62.2 Å². The molecule has 4 nitrogen and oxygen atoms in total. The molecule has 0 radical (unpaired) electrons. The fourth-order valence-corrected chi connectivity index (χ4v) is 3.32. The number of thiazole rings is 1. The second-order valence-corrected chi connectivity index (χ2v) is 6.79. The molecule has 0 aliphatic heterocycles. The first kappa shape index (κ1) is 22.7. The molecule has 10 heteroatoms. The third-order valence-electron chi connectivity index (χ3n) is 3.49. The first-order chi connectivity index (χ1) is 12.8. The van der Waals surface area contributed by atoms with Crippen molar-refractivity contribution in [2.45, 2.75) is 13.0 Å². The zero-order chi connectivity index (χ0) is 19.6. The summed E-state index contributed by atoms with van der Waals surface area (Å²) in [7, 11) is 0. The maximum Gasteiger partial charge on any atom is 1.00 e. The van der Waals surface area contributed by atoms with Gasteiger partial charge in [0.25, 0.3) is 0 Å². The quantitative estimate of drug-likeness (QED) is 0.423. The molecule has 28 heavy (non-hydrogen) atoms. The molecule has 0 unspecified atom stereocenters. The largest absolute Gasteiger partial charge is 1.00 e. The van der Waals surface area contributed by atoms with E-state index in [1.54, 1.807) is 23.6 Å². The summed E-state index contributed by atoms with van der Waals surface area (Å²) in [4.78, 5) is 14.9. The number of carbonyl (C=O) groups is 1. The van der Waals surface area contributed by atoms with Crippen LogP contribution >= 0.6 is 22.9 Å². The van der Waals surface area contributed by atoms with E-state index in [0.717, 1.165) is 12.1 Å². The standard InChI is InChI=1S/C18H11ClF3NO3S.Na/c19-10-1-2-15(26-7-9-3-13(20)17(22)14(21)4-9)12(5-10)18-23-11(8-27-18)6-16(24)25;/h1-5,8H,6-7H2,(H,24,25);/q;+1/p-1. The van der Waals surface area contributed by atoms with E-state index < -0.39 is 23.4 Å². The van der Waals surface area contributed by atoms with Gasteiger partial charge in [-0.2, -0.15) is 0 Å².